The van der Waals surface area contributed by atoms with Crippen LogP contribution in [0.2, 0.25) is 0 Å². The van der Waals surface area contributed by atoms with Crippen LogP contribution in [0.3, 0.4) is 0 Å². The molecule has 196 valence electrons. The lowest BCUT2D eigenvalue weighted by Crippen LogP contribution is -2.40. The number of fused-ring (bicyclic) bond motifs is 3. The van der Waals surface area contributed by atoms with Gasteiger partial charge in [0.25, 0.3) is 5.56 Å². The van der Waals surface area contributed by atoms with Gasteiger partial charge in [0.15, 0.2) is 0 Å². The van der Waals surface area contributed by atoms with Crippen LogP contribution in [0.1, 0.15) is 19.3 Å². The molecule has 9 nitrogen and oxygen atoms in total. The topological polar surface area (TPSA) is 77.0 Å². The van der Waals surface area contributed by atoms with Crippen LogP contribution in [0, 0.1) is 0 Å². The monoisotopic (exact) mass is 524 g/mol. The number of likely N-dealkylation sites (tertiary alicyclic amines) is 1. The molecular formula is C27H33ClN6O3. The smallest absolute Gasteiger partial charge is 0.336 e. The summed E-state index contributed by atoms with van der Waals surface area (Å²) in [5.74, 6) is 0.703. The van der Waals surface area contributed by atoms with Gasteiger partial charge in [0.2, 0.25) is 0 Å². The molecule has 1 aliphatic rings. The Morgan fingerprint density at radius 2 is 1.70 bits per heavy atom. The quantitative estimate of drug-likeness (QED) is 0.241. The predicted octanol–water partition coefficient (Wildman–Crippen LogP) is 3.03. The molecule has 0 spiro atoms. The second-order valence-electron chi connectivity index (χ2n) is 10.1. The van der Waals surface area contributed by atoms with E-state index in [1.807, 2.05) is 54.0 Å². The van der Waals surface area contributed by atoms with Crippen LogP contribution in [0.4, 0.5) is 0 Å². The highest BCUT2D eigenvalue weighted by Crippen LogP contribution is 2.35. The molecule has 10 heteroatoms. The van der Waals surface area contributed by atoms with Crippen LogP contribution in [0.15, 0.2) is 39.9 Å². The number of aromatic nitrogens is 4. The second-order valence-corrected chi connectivity index (χ2v) is 10.1. The molecule has 37 heavy (non-hydrogen) atoms. The lowest BCUT2D eigenvalue weighted by molar-refractivity contribution is 0.219. The summed E-state index contributed by atoms with van der Waals surface area (Å²) in [5.41, 5.74) is 2.56. The minimum Gasteiger partial charge on any atom is -0.497 e. The Bertz CT molecular complexity index is 1700. The molecule has 0 bridgehead atoms. The molecule has 4 heterocycles. The number of likely N-dealkylation sites (N-methyl/N-ethyl adjacent to an activating group) is 1. The summed E-state index contributed by atoms with van der Waals surface area (Å²) in [6, 6.07) is 9.53. The van der Waals surface area contributed by atoms with Gasteiger partial charge >= 0.3 is 5.69 Å². The molecule has 0 atom stereocenters. The first-order chi connectivity index (χ1) is 17.5. The number of benzene rings is 2. The minimum atomic E-state index is -0.319. The van der Waals surface area contributed by atoms with Gasteiger partial charge in [0, 0.05) is 25.0 Å². The molecule has 0 radical (unpaired) electrons. The standard InChI is InChI=1S/C27H32N6O3.ClH/c1-29(2)13-15-31-26(34)19-8-10-22-23-24(28-32(22)16-14-30-11-5-4-6-12-30)20-17-18(36-3)7-9-21(20)33(25(19)23)27(31)35;/h7-10,17H,4-6,11-16H2,1-3H3;1H. The zero-order valence-corrected chi connectivity index (χ0v) is 22.4. The Hall–Kier alpha value is -3.14. The number of halogens is 1. The normalized spacial score (nSPS) is 14.9. The van der Waals surface area contributed by atoms with Crippen molar-refractivity contribution in [2.24, 2.45) is 0 Å². The highest BCUT2D eigenvalue weighted by molar-refractivity contribution is 6.21. The molecule has 3 aromatic heterocycles. The van der Waals surface area contributed by atoms with Crippen molar-refractivity contribution in [1.82, 2.24) is 28.5 Å². The van der Waals surface area contributed by atoms with Crippen molar-refractivity contribution in [3.63, 3.8) is 0 Å². The summed E-state index contributed by atoms with van der Waals surface area (Å²) in [4.78, 5) is 31.8. The number of nitrogens with zero attached hydrogens (tertiary/aromatic N) is 6. The van der Waals surface area contributed by atoms with Crippen LogP contribution in [0.5, 0.6) is 5.75 Å². The molecule has 0 aliphatic carbocycles. The van der Waals surface area contributed by atoms with E-state index in [1.54, 1.807) is 11.5 Å². The lowest BCUT2D eigenvalue weighted by Gasteiger charge is -2.26. The minimum absolute atomic E-state index is 0. The average Bonchev–Trinajstić information content (AvgIpc) is 3.27. The first-order valence-electron chi connectivity index (χ1n) is 12.7. The van der Waals surface area contributed by atoms with E-state index in [0.29, 0.717) is 29.7 Å². The Balaban J connectivity index is 0.00000280. The fraction of sp³-hybridized carbons (Fsp3) is 0.444. The molecule has 0 saturated carbocycles. The van der Waals surface area contributed by atoms with Gasteiger partial charge in [0.05, 0.1) is 41.0 Å². The zero-order chi connectivity index (χ0) is 25.0. The number of hydrogen-bond donors (Lipinski definition) is 0. The first kappa shape index (κ1) is 25.5. The van der Waals surface area contributed by atoms with Crippen molar-refractivity contribution in [3.8, 4) is 5.75 Å². The summed E-state index contributed by atoms with van der Waals surface area (Å²) in [7, 11) is 5.50. The van der Waals surface area contributed by atoms with Gasteiger partial charge in [-0.25, -0.2) is 4.79 Å². The van der Waals surface area contributed by atoms with Crippen LogP contribution in [-0.2, 0) is 13.1 Å². The summed E-state index contributed by atoms with van der Waals surface area (Å²) in [5, 5.41) is 7.29. The number of rotatable bonds is 7. The molecule has 1 fully saturated rings. The van der Waals surface area contributed by atoms with E-state index in [0.717, 1.165) is 53.5 Å². The maximum absolute atomic E-state index is 13.8. The van der Waals surface area contributed by atoms with Crippen molar-refractivity contribution < 1.29 is 4.74 Å². The third-order valence-corrected chi connectivity index (χ3v) is 7.56. The van der Waals surface area contributed by atoms with E-state index in [-0.39, 0.29) is 23.7 Å². The van der Waals surface area contributed by atoms with Crippen LogP contribution >= 0.6 is 12.4 Å². The van der Waals surface area contributed by atoms with Crippen LogP contribution in [-0.4, -0.2) is 75.9 Å². The van der Waals surface area contributed by atoms with Gasteiger partial charge in [0.1, 0.15) is 11.3 Å². The van der Waals surface area contributed by atoms with Gasteiger partial charge in [-0.2, -0.15) is 5.10 Å². The third-order valence-electron chi connectivity index (χ3n) is 7.56. The molecule has 1 saturated heterocycles. The maximum atomic E-state index is 13.8. The Morgan fingerprint density at radius 1 is 0.946 bits per heavy atom. The summed E-state index contributed by atoms with van der Waals surface area (Å²) in [6.45, 7) is 4.86. The molecule has 0 N–H and O–H groups in total. The Kier molecular flexibility index (Phi) is 6.87. The van der Waals surface area contributed by atoms with Gasteiger partial charge < -0.3 is 14.5 Å². The van der Waals surface area contributed by atoms with Crippen LogP contribution in [0.25, 0.3) is 38.2 Å². The van der Waals surface area contributed by atoms with Crippen molar-refractivity contribution in [2.45, 2.75) is 32.4 Å². The first-order valence-corrected chi connectivity index (χ1v) is 12.7. The Morgan fingerprint density at radius 3 is 2.43 bits per heavy atom. The van der Waals surface area contributed by atoms with Crippen molar-refractivity contribution >= 4 is 50.6 Å². The van der Waals surface area contributed by atoms with E-state index >= 15 is 0 Å². The third kappa shape index (κ3) is 4.15. The zero-order valence-electron chi connectivity index (χ0n) is 21.6. The molecule has 0 amide bonds. The van der Waals surface area contributed by atoms with Crippen molar-refractivity contribution in [1.29, 1.82) is 0 Å². The van der Waals surface area contributed by atoms with Crippen LogP contribution < -0.4 is 16.0 Å². The average molecular weight is 525 g/mol. The van der Waals surface area contributed by atoms with Gasteiger partial charge in [-0.3, -0.25) is 18.4 Å². The second kappa shape index (κ2) is 9.96. The molecule has 1 aliphatic heterocycles. The number of methoxy groups -OCH3 is 1. The van der Waals surface area contributed by atoms with E-state index in [9.17, 15) is 9.59 Å². The van der Waals surface area contributed by atoms with E-state index in [4.69, 9.17) is 9.84 Å². The number of ether oxygens (including phenoxy) is 1. The largest absolute Gasteiger partial charge is 0.497 e. The summed E-state index contributed by atoms with van der Waals surface area (Å²) in [6.07, 6.45) is 3.80. The van der Waals surface area contributed by atoms with Gasteiger partial charge in [-0.15, -0.1) is 12.4 Å². The fourth-order valence-electron chi connectivity index (χ4n) is 5.63. The molecule has 2 aromatic carbocycles. The maximum Gasteiger partial charge on any atom is 0.336 e. The van der Waals surface area contributed by atoms with Gasteiger partial charge in [-0.1, -0.05) is 6.42 Å². The highest BCUT2D eigenvalue weighted by Gasteiger charge is 2.23. The molecule has 6 rings (SSSR count). The molecular weight excluding hydrogens is 492 g/mol. The Labute approximate surface area is 220 Å². The van der Waals surface area contributed by atoms with Gasteiger partial charge in [-0.05, 0) is 70.4 Å². The summed E-state index contributed by atoms with van der Waals surface area (Å²) < 4.78 is 10.6. The van der Waals surface area contributed by atoms with Crippen molar-refractivity contribution in [3.05, 3.63) is 51.2 Å². The van der Waals surface area contributed by atoms with E-state index < -0.39 is 0 Å². The molecule has 0 unspecified atom stereocenters. The number of pyridine rings is 1. The molecule has 5 aromatic rings. The number of piperidine rings is 1. The SMILES string of the molecule is COc1ccc2c(c1)c1nn(CCN3CCCCC3)c3ccc4c(=O)n(CCN(C)C)c(=O)n2c4c13.Cl. The summed E-state index contributed by atoms with van der Waals surface area (Å²) >= 11 is 0. The lowest BCUT2D eigenvalue weighted by atomic mass is 10.1. The van der Waals surface area contributed by atoms with Crippen molar-refractivity contribution in [2.75, 3.05) is 47.4 Å². The fourth-order valence-corrected chi connectivity index (χ4v) is 5.63. The van der Waals surface area contributed by atoms with E-state index in [2.05, 4.69) is 4.90 Å². The van der Waals surface area contributed by atoms with E-state index in [1.165, 1.54) is 23.8 Å². The predicted molar refractivity (Wildman–Crippen MR) is 150 cm³/mol. The number of hydrogen-bond acceptors (Lipinski definition) is 6. The highest BCUT2D eigenvalue weighted by atomic mass is 35.5.